The van der Waals surface area contributed by atoms with Crippen LogP contribution in [0.1, 0.15) is 24.5 Å². The number of anilines is 2. The Balaban J connectivity index is 0.00000264. The van der Waals surface area contributed by atoms with Crippen molar-refractivity contribution in [2.24, 2.45) is 5.92 Å². The van der Waals surface area contributed by atoms with Crippen molar-refractivity contribution in [2.45, 2.75) is 26.7 Å². The number of hydrogen-bond donors (Lipinski definition) is 2. The number of rotatable bonds is 5. The van der Waals surface area contributed by atoms with E-state index in [0.29, 0.717) is 18.5 Å². The highest BCUT2D eigenvalue weighted by atomic mass is 35.5. The van der Waals surface area contributed by atoms with Gasteiger partial charge in [0.25, 0.3) is 0 Å². The SMILES string of the molecule is Cc1ccc(N)cc1NC(=O)C(C)CCc1cccc(F)c1.Cl. The van der Waals surface area contributed by atoms with Crippen LogP contribution in [0, 0.1) is 18.7 Å². The average molecular weight is 337 g/mol. The molecule has 3 N–H and O–H groups in total. The summed E-state index contributed by atoms with van der Waals surface area (Å²) in [7, 11) is 0. The number of hydrogen-bond acceptors (Lipinski definition) is 2. The highest BCUT2D eigenvalue weighted by molar-refractivity contribution is 5.93. The molecule has 23 heavy (non-hydrogen) atoms. The lowest BCUT2D eigenvalue weighted by atomic mass is 10.00. The molecule has 0 radical (unpaired) electrons. The quantitative estimate of drug-likeness (QED) is 0.798. The first-order chi connectivity index (χ1) is 10.5. The maximum atomic E-state index is 13.1. The maximum Gasteiger partial charge on any atom is 0.227 e. The number of benzene rings is 2. The van der Waals surface area contributed by atoms with Gasteiger partial charge in [-0.15, -0.1) is 12.4 Å². The Morgan fingerprint density at radius 1 is 1.26 bits per heavy atom. The Morgan fingerprint density at radius 3 is 2.70 bits per heavy atom. The fraction of sp³-hybridized carbons (Fsp3) is 0.278. The number of nitrogen functional groups attached to an aromatic ring is 1. The van der Waals surface area contributed by atoms with Crippen LogP contribution in [0.15, 0.2) is 42.5 Å². The fourth-order valence-electron chi connectivity index (χ4n) is 2.24. The second kappa shape index (κ2) is 8.53. The van der Waals surface area contributed by atoms with Crippen molar-refractivity contribution in [3.8, 4) is 0 Å². The molecule has 5 heteroatoms. The molecule has 0 aliphatic heterocycles. The monoisotopic (exact) mass is 336 g/mol. The zero-order valence-electron chi connectivity index (χ0n) is 13.3. The van der Waals surface area contributed by atoms with Crippen LogP contribution in [0.25, 0.3) is 0 Å². The predicted molar refractivity (Wildman–Crippen MR) is 95.4 cm³/mol. The van der Waals surface area contributed by atoms with Gasteiger partial charge < -0.3 is 11.1 Å². The van der Waals surface area contributed by atoms with Crippen molar-refractivity contribution < 1.29 is 9.18 Å². The minimum absolute atomic E-state index is 0. The number of halogens is 2. The van der Waals surface area contributed by atoms with Gasteiger partial charge in [0.05, 0.1) is 0 Å². The van der Waals surface area contributed by atoms with E-state index in [1.165, 1.54) is 12.1 Å². The van der Waals surface area contributed by atoms with Gasteiger partial charge in [-0.3, -0.25) is 4.79 Å². The molecule has 2 aromatic carbocycles. The standard InChI is InChI=1S/C18H21FN2O.ClH/c1-12-7-9-16(20)11-17(12)21-18(22)13(2)6-8-14-4-3-5-15(19)10-14;/h3-5,7,9-11,13H,6,8,20H2,1-2H3,(H,21,22);1H. The van der Waals surface area contributed by atoms with Gasteiger partial charge in [-0.1, -0.05) is 25.1 Å². The first-order valence-electron chi connectivity index (χ1n) is 7.37. The summed E-state index contributed by atoms with van der Waals surface area (Å²) < 4.78 is 13.1. The molecule has 2 aromatic rings. The van der Waals surface area contributed by atoms with E-state index in [2.05, 4.69) is 5.32 Å². The molecule has 0 aliphatic rings. The molecule has 1 atom stereocenters. The van der Waals surface area contributed by atoms with Gasteiger partial charge in [-0.05, 0) is 55.2 Å². The van der Waals surface area contributed by atoms with Crippen molar-refractivity contribution in [1.29, 1.82) is 0 Å². The second-order valence-electron chi connectivity index (χ2n) is 5.63. The summed E-state index contributed by atoms with van der Waals surface area (Å²) in [5.41, 5.74) is 8.97. The van der Waals surface area contributed by atoms with Crippen LogP contribution >= 0.6 is 12.4 Å². The predicted octanol–water partition coefficient (Wildman–Crippen LogP) is 4.35. The van der Waals surface area contributed by atoms with Crippen molar-refractivity contribution in [3.63, 3.8) is 0 Å². The van der Waals surface area contributed by atoms with Crippen LogP contribution in [0.3, 0.4) is 0 Å². The molecular formula is C18H22ClFN2O. The van der Waals surface area contributed by atoms with Gasteiger partial charge in [-0.25, -0.2) is 4.39 Å². The van der Waals surface area contributed by atoms with Crippen molar-refractivity contribution in [3.05, 3.63) is 59.4 Å². The number of aryl methyl sites for hydroxylation is 2. The molecule has 1 amide bonds. The van der Waals surface area contributed by atoms with Gasteiger partial charge >= 0.3 is 0 Å². The van der Waals surface area contributed by atoms with Crippen LogP contribution < -0.4 is 11.1 Å². The van der Waals surface area contributed by atoms with Gasteiger partial charge in [0, 0.05) is 17.3 Å². The summed E-state index contributed by atoms with van der Waals surface area (Å²) in [6.07, 6.45) is 1.33. The summed E-state index contributed by atoms with van der Waals surface area (Å²) in [6, 6.07) is 11.9. The van der Waals surface area contributed by atoms with Crippen LogP contribution in [0.2, 0.25) is 0 Å². The normalized spacial score (nSPS) is 11.4. The van der Waals surface area contributed by atoms with Gasteiger partial charge in [-0.2, -0.15) is 0 Å². The van der Waals surface area contributed by atoms with Crippen molar-refractivity contribution >= 4 is 29.7 Å². The third-order valence-electron chi connectivity index (χ3n) is 3.72. The summed E-state index contributed by atoms with van der Waals surface area (Å²) in [5, 5.41) is 2.91. The summed E-state index contributed by atoms with van der Waals surface area (Å²) >= 11 is 0. The Hall–Kier alpha value is -2.07. The van der Waals surface area contributed by atoms with Crippen LogP contribution in [0.4, 0.5) is 15.8 Å². The van der Waals surface area contributed by atoms with E-state index in [1.54, 1.807) is 18.2 Å². The Kier molecular flexibility index (Phi) is 7.04. The largest absolute Gasteiger partial charge is 0.399 e. The van der Waals surface area contributed by atoms with Crippen molar-refractivity contribution in [1.82, 2.24) is 0 Å². The van der Waals surface area contributed by atoms with Crippen LogP contribution in [-0.2, 0) is 11.2 Å². The number of nitrogens with one attached hydrogen (secondary N) is 1. The zero-order chi connectivity index (χ0) is 16.1. The Morgan fingerprint density at radius 2 is 2.00 bits per heavy atom. The summed E-state index contributed by atoms with van der Waals surface area (Å²) in [6.45, 7) is 3.79. The first-order valence-corrected chi connectivity index (χ1v) is 7.37. The lowest BCUT2D eigenvalue weighted by Gasteiger charge is -2.14. The van der Waals surface area contributed by atoms with Gasteiger partial charge in [0.1, 0.15) is 5.82 Å². The number of nitrogens with two attached hydrogens (primary N) is 1. The van der Waals surface area contributed by atoms with E-state index in [1.807, 2.05) is 26.0 Å². The third kappa shape index (κ3) is 5.57. The van der Waals surface area contributed by atoms with Crippen LogP contribution in [-0.4, -0.2) is 5.91 Å². The minimum Gasteiger partial charge on any atom is -0.399 e. The molecule has 0 aromatic heterocycles. The van der Waals surface area contributed by atoms with E-state index in [4.69, 9.17) is 5.73 Å². The number of amides is 1. The third-order valence-corrected chi connectivity index (χ3v) is 3.72. The Bertz CT molecular complexity index is 676. The highest BCUT2D eigenvalue weighted by Crippen LogP contribution is 2.20. The zero-order valence-corrected chi connectivity index (χ0v) is 14.1. The molecule has 3 nitrogen and oxygen atoms in total. The van der Waals surface area contributed by atoms with E-state index >= 15 is 0 Å². The molecule has 0 saturated heterocycles. The molecule has 0 saturated carbocycles. The van der Waals surface area contributed by atoms with E-state index < -0.39 is 0 Å². The van der Waals surface area contributed by atoms with Gasteiger partial charge in [0.2, 0.25) is 5.91 Å². The second-order valence-corrected chi connectivity index (χ2v) is 5.63. The van der Waals surface area contributed by atoms with Crippen LogP contribution in [0.5, 0.6) is 0 Å². The summed E-state index contributed by atoms with van der Waals surface area (Å²) in [5.74, 6) is -0.459. The minimum atomic E-state index is -0.245. The molecule has 2 rings (SSSR count). The molecule has 124 valence electrons. The smallest absolute Gasteiger partial charge is 0.227 e. The fourth-order valence-corrected chi connectivity index (χ4v) is 2.24. The maximum absolute atomic E-state index is 13.1. The highest BCUT2D eigenvalue weighted by Gasteiger charge is 2.14. The topological polar surface area (TPSA) is 55.1 Å². The first kappa shape index (κ1) is 19.0. The molecule has 0 heterocycles. The molecule has 0 spiro atoms. The molecule has 1 unspecified atom stereocenters. The molecular weight excluding hydrogens is 315 g/mol. The lowest BCUT2D eigenvalue weighted by molar-refractivity contribution is -0.119. The van der Waals surface area contributed by atoms with E-state index in [9.17, 15) is 9.18 Å². The van der Waals surface area contributed by atoms with E-state index in [-0.39, 0.29) is 30.0 Å². The summed E-state index contributed by atoms with van der Waals surface area (Å²) in [4.78, 5) is 12.2. The molecule has 0 fully saturated rings. The van der Waals surface area contributed by atoms with Gasteiger partial charge in [0.15, 0.2) is 0 Å². The molecule has 0 aliphatic carbocycles. The molecule has 0 bridgehead atoms. The lowest BCUT2D eigenvalue weighted by Crippen LogP contribution is -2.21. The number of carbonyl (C=O) groups is 1. The average Bonchev–Trinajstić information content (AvgIpc) is 2.48. The van der Waals surface area contributed by atoms with Crippen molar-refractivity contribution in [2.75, 3.05) is 11.1 Å². The Labute approximate surface area is 142 Å². The van der Waals surface area contributed by atoms with E-state index in [0.717, 1.165) is 16.8 Å². The number of carbonyl (C=O) groups excluding carboxylic acids is 1.